The van der Waals surface area contributed by atoms with Gasteiger partial charge in [0.2, 0.25) is 0 Å². The van der Waals surface area contributed by atoms with E-state index in [0.29, 0.717) is 17.1 Å². The van der Waals surface area contributed by atoms with Gasteiger partial charge in [-0.1, -0.05) is 25.4 Å². The minimum atomic E-state index is -0.361. The molecule has 2 unspecified atom stereocenters. The summed E-state index contributed by atoms with van der Waals surface area (Å²) in [7, 11) is 1.35. The minimum absolute atomic E-state index is 0.0419. The molecule has 4 nitrogen and oxygen atoms in total. The number of carbonyl (C=O) groups excluding carboxylic acids is 2. The van der Waals surface area contributed by atoms with Crippen LogP contribution in [-0.2, 0) is 9.53 Å². The second-order valence-corrected chi connectivity index (χ2v) is 5.58. The van der Waals surface area contributed by atoms with Crippen LogP contribution in [0.3, 0.4) is 0 Å². The Kier molecular flexibility index (Phi) is 6.69. The Morgan fingerprint density at radius 2 is 1.81 bits per heavy atom. The Balaban J connectivity index is 2.94. The summed E-state index contributed by atoms with van der Waals surface area (Å²) in [4.78, 5) is 25.9. The number of carbonyl (C=O) groups is 2. The van der Waals surface area contributed by atoms with Crippen LogP contribution in [0.1, 0.15) is 37.6 Å². The summed E-state index contributed by atoms with van der Waals surface area (Å²) in [5.74, 6) is -0.774. The van der Waals surface area contributed by atoms with Crippen LogP contribution in [0.5, 0.6) is 0 Å². The molecule has 0 N–H and O–H groups in total. The van der Waals surface area contributed by atoms with Crippen LogP contribution in [0, 0.1) is 5.92 Å². The summed E-state index contributed by atoms with van der Waals surface area (Å²) in [6, 6.07) is 6.81. The molecule has 0 saturated heterocycles. The van der Waals surface area contributed by atoms with Crippen molar-refractivity contribution in [2.45, 2.75) is 33.2 Å². The Bertz CT molecular complexity index is 487. The summed E-state index contributed by atoms with van der Waals surface area (Å²) in [6.07, 6.45) is 0.813. The Morgan fingerprint density at radius 1 is 1.24 bits per heavy atom. The third-order valence-corrected chi connectivity index (χ3v) is 3.80. The number of halogens is 1. The number of esters is 1. The van der Waals surface area contributed by atoms with Gasteiger partial charge in [0.05, 0.1) is 13.0 Å². The lowest BCUT2D eigenvalue weighted by Gasteiger charge is -2.30. The molecular formula is C16H22ClNO3. The van der Waals surface area contributed by atoms with Crippen LogP contribution < -0.4 is 0 Å². The lowest BCUT2D eigenvalue weighted by atomic mass is 10.1. The van der Waals surface area contributed by atoms with Crippen molar-refractivity contribution in [3.8, 4) is 0 Å². The van der Waals surface area contributed by atoms with Gasteiger partial charge in [0, 0.05) is 23.2 Å². The first-order valence-corrected chi connectivity index (χ1v) is 7.42. The van der Waals surface area contributed by atoms with Gasteiger partial charge in [0.15, 0.2) is 0 Å². The van der Waals surface area contributed by atoms with Gasteiger partial charge < -0.3 is 9.64 Å². The summed E-state index contributed by atoms with van der Waals surface area (Å²) >= 11 is 5.84. The summed E-state index contributed by atoms with van der Waals surface area (Å²) in [5.41, 5.74) is 0.566. The average Bonchev–Trinajstić information content (AvgIpc) is 2.50. The van der Waals surface area contributed by atoms with Crippen LogP contribution in [0.2, 0.25) is 5.02 Å². The quantitative estimate of drug-likeness (QED) is 0.757. The molecule has 1 aromatic carbocycles. The van der Waals surface area contributed by atoms with E-state index in [0.717, 1.165) is 6.42 Å². The number of amides is 1. The molecule has 1 amide bonds. The van der Waals surface area contributed by atoms with Gasteiger partial charge in [-0.05, 0) is 37.6 Å². The van der Waals surface area contributed by atoms with E-state index in [1.54, 1.807) is 36.1 Å². The number of methoxy groups -OCH3 is 1. The number of hydrogen-bond acceptors (Lipinski definition) is 3. The maximum atomic E-state index is 12.6. The zero-order valence-electron chi connectivity index (χ0n) is 12.9. The van der Waals surface area contributed by atoms with E-state index in [1.807, 2.05) is 13.8 Å². The zero-order valence-corrected chi connectivity index (χ0v) is 13.7. The van der Waals surface area contributed by atoms with E-state index < -0.39 is 0 Å². The Hall–Kier alpha value is -1.55. The van der Waals surface area contributed by atoms with Crippen LogP contribution in [0.4, 0.5) is 0 Å². The molecule has 0 aromatic heterocycles. The standard InChI is InChI=1S/C16H22ClNO3/c1-5-12(3)18(10-11(2)16(20)21-4)15(19)13-6-8-14(17)9-7-13/h6-9,11-12H,5,10H2,1-4H3. The fourth-order valence-corrected chi connectivity index (χ4v) is 2.14. The predicted octanol–water partition coefficient (Wildman–Crippen LogP) is 3.39. The van der Waals surface area contributed by atoms with Crippen molar-refractivity contribution in [3.05, 3.63) is 34.9 Å². The van der Waals surface area contributed by atoms with E-state index in [9.17, 15) is 9.59 Å². The van der Waals surface area contributed by atoms with Crippen molar-refractivity contribution in [2.75, 3.05) is 13.7 Å². The van der Waals surface area contributed by atoms with Gasteiger partial charge in [0.25, 0.3) is 5.91 Å². The topological polar surface area (TPSA) is 46.6 Å². The highest BCUT2D eigenvalue weighted by atomic mass is 35.5. The Labute approximate surface area is 131 Å². The molecule has 0 heterocycles. The maximum absolute atomic E-state index is 12.6. The van der Waals surface area contributed by atoms with E-state index in [-0.39, 0.29) is 23.8 Å². The summed E-state index contributed by atoms with van der Waals surface area (Å²) in [5, 5.41) is 0.588. The number of rotatable bonds is 6. The number of benzene rings is 1. The molecule has 0 aliphatic heterocycles. The zero-order chi connectivity index (χ0) is 16.0. The molecule has 0 spiro atoms. The SMILES string of the molecule is CCC(C)N(CC(C)C(=O)OC)C(=O)c1ccc(Cl)cc1. The largest absolute Gasteiger partial charge is 0.469 e. The van der Waals surface area contributed by atoms with E-state index in [1.165, 1.54) is 7.11 Å². The molecule has 0 saturated carbocycles. The van der Waals surface area contributed by atoms with Crippen molar-refractivity contribution in [1.82, 2.24) is 4.90 Å². The highest BCUT2D eigenvalue weighted by Crippen LogP contribution is 2.16. The molecule has 1 rings (SSSR count). The predicted molar refractivity (Wildman–Crippen MR) is 83.4 cm³/mol. The fourth-order valence-electron chi connectivity index (χ4n) is 2.01. The first kappa shape index (κ1) is 17.5. The molecule has 0 aliphatic carbocycles. The molecule has 0 fully saturated rings. The highest BCUT2D eigenvalue weighted by molar-refractivity contribution is 6.30. The molecule has 0 bridgehead atoms. The molecule has 0 radical (unpaired) electrons. The maximum Gasteiger partial charge on any atom is 0.310 e. The van der Waals surface area contributed by atoms with E-state index >= 15 is 0 Å². The van der Waals surface area contributed by atoms with Gasteiger partial charge in [-0.25, -0.2) is 0 Å². The van der Waals surface area contributed by atoms with Crippen molar-refractivity contribution in [3.63, 3.8) is 0 Å². The molecular weight excluding hydrogens is 290 g/mol. The highest BCUT2D eigenvalue weighted by Gasteiger charge is 2.25. The number of hydrogen-bond donors (Lipinski definition) is 0. The lowest BCUT2D eigenvalue weighted by Crippen LogP contribution is -2.42. The summed E-state index contributed by atoms with van der Waals surface area (Å²) < 4.78 is 4.73. The van der Waals surface area contributed by atoms with Crippen molar-refractivity contribution < 1.29 is 14.3 Å². The molecule has 0 aliphatic rings. The van der Waals surface area contributed by atoms with Crippen LogP contribution in [-0.4, -0.2) is 36.5 Å². The minimum Gasteiger partial charge on any atom is -0.469 e. The molecule has 5 heteroatoms. The first-order valence-electron chi connectivity index (χ1n) is 7.05. The first-order chi connectivity index (χ1) is 9.90. The van der Waals surface area contributed by atoms with E-state index in [4.69, 9.17) is 16.3 Å². The molecule has 2 atom stereocenters. The third-order valence-electron chi connectivity index (χ3n) is 3.55. The second-order valence-electron chi connectivity index (χ2n) is 5.15. The van der Waals surface area contributed by atoms with Crippen LogP contribution in [0.25, 0.3) is 0 Å². The van der Waals surface area contributed by atoms with Gasteiger partial charge in [-0.2, -0.15) is 0 Å². The lowest BCUT2D eigenvalue weighted by molar-refractivity contribution is -0.145. The third kappa shape index (κ3) is 4.74. The van der Waals surface area contributed by atoms with Crippen molar-refractivity contribution in [2.24, 2.45) is 5.92 Å². The smallest absolute Gasteiger partial charge is 0.310 e. The second kappa shape index (κ2) is 8.03. The average molecular weight is 312 g/mol. The van der Waals surface area contributed by atoms with Gasteiger partial charge in [-0.3, -0.25) is 9.59 Å². The normalized spacial score (nSPS) is 13.4. The summed E-state index contributed by atoms with van der Waals surface area (Å²) in [6.45, 7) is 6.08. The van der Waals surface area contributed by atoms with Gasteiger partial charge in [-0.15, -0.1) is 0 Å². The van der Waals surface area contributed by atoms with Crippen LogP contribution >= 0.6 is 11.6 Å². The van der Waals surface area contributed by atoms with Gasteiger partial charge >= 0.3 is 5.97 Å². The van der Waals surface area contributed by atoms with Crippen LogP contribution in [0.15, 0.2) is 24.3 Å². The fraction of sp³-hybridized carbons (Fsp3) is 0.500. The van der Waals surface area contributed by atoms with Crippen molar-refractivity contribution in [1.29, 1.82) is 0 Å². The Morgan fingerprint density at radius 3 is 2.29 bits per heavy atom. The monoisotopic (exact) mass is 311 g/mol. The van der Waals surface area contributed by atoms with Gasteiger partial charge in [0.1, 0.15) is 0 Å². The van der Waals surface area contributed by atoms with Crippen molar-refractivity contribution >= 4 is 23.5 Å². The van der Waals surface area contributed by atoms with E-state index in [2.05, 4.69) is 0 Å². The molecule has 116 valence electrons. The number of ether oxygens (including phenoxy) is 1. The molecule has 21 heavy (non-hydrogen) atoms. The number of nitrogens with zero attached hydrogens (tertiary/aromatic N) is 1. The molecule has 1 aromatic rings.